The predicted octanol–water partition coefficient (Wildman–Crippen LogP) is 3.09. The van der Waals surface area contributed by atoms with Gasteiger partial charge in [0, 0.05) is 11.7 Å². The van der Waals surface area contributed by atoms with Gasteiger partial charge in [-0.25, -0.2) is 9.37 Å². The Bertz CT molecular complexity index is 1120. The van der Waals surface area contributed by atoms with E-state index in [9.17, 15) is 4.39 Å². The smallest absolute Gasteiger partial charge is 0.123 e. The van der Waals surface area contributed by atoms with Crippen molar-refractivity contribution in [2.45, 2.75) is 39.7 Å². The highest BCUT2D eigenvalue weighted by Gasteiger charge is 2.15. The zero-order valence-corrected chi connectivity index (χ0v) is 15.3. The summed E-state index contributed by atoms with van der Waals surface area (Å²) < 4.78 is 15.6. The third-order valence-corrected chi connectivity index (χ3v) is 4.60. The van der Waals surface area contributed by atoms with E-state index in [0.717, 1.165) is 51.5 Å². The van der Waals surface area contributed by atoms with Crippen molar-refractivity contribution in [3.8, 4) is 17.1 Å². The molecule has 2 aliphatic carbocycles. The molecule has 0 amide bonds. The van der Waals surface area contributed by atoms with Gasteiger partial charge in [0.1, 0.15) is 5.82 Å². The molecule has 132 valence electrons. The van der Waals surface area contributed by atoms with Gasteiger partial charge in [0.05, 0.1) is 27.4 Å². The molecule has 1 aliphatic heterocycles. The summed E-state index contributed by atoms with van der Waals surface area (Å²) >= 11 is 0. The number of aromatic nitrogens is 2. The molecule has 1 aromatic carbocycles. The van der Waals surface area contributed by atoms with Crippen molar-refractivity contribution in [2.24, 2.45) is 4.99 Å². The Morgan fingerprint density at radius 2 is 1.81 bits per heavy atom. The summed E-state index contributed by atoms with van der Waals surface area (Å²) in [6.07, 6.45) is 6.37. The fraction of sp³-hybridized carbons (Fsp3) is 0.273. The highest BCUT2D eigenvalue weighted by atomic mass is 19.1. The first-order chi connectivity index (χ1) is 12.5. The number of halogens is 1. The lowest BCUT2D eigenvalue weighted by Crippen LogP contribution is -2.40. The van der Waals surface area contributed by atoms with Crippen LogP contribution in [0.1, 0.15) is 32.3 Å². The lowest BCUT2D eigenvalue weighted by atomic mass is 10.1. The maximum Gasteiger partial charge on any atom is 0.123 e. The summed E-state index contributed by atoms with van der Waals surface area (Å²) in [6, 6.07) is 11.1. The molecule has 3 nitrogen and oxygen atoms in total. The number of nitrogens with zero attached hydrogens (tertiary/aromatic N) is 3. The van der Waals surface area contributed by atoms with Gasteiger partial charge < -0.3 is 4.57 Å². The van der Waals surface area contributed by atoms with E-state index in [2.05, 4.69) is 49.6 Å². The maximum atomic E-state index is 13.5. The normalized spacial score (nSPS) is 14.3. The molecule has 1 heterocycles. The fourth-order valence-electron chi connectivity index (χ4n) is 3.44. The van der Waals surface area contributed by atoms with Gasteiger partial charge in [0.2, 0.25) is 0 Å². The highest BCUT2D eigenvalue weighted by molar-refractivity contribution is 5.62. The molecule has 0 spiro atoms. The third-order valence-electron chi connectivity index (χ3n) is 4.60. The van der Waals surface area contributed by atoms with Crippen molar-refractivity contribution >= 4 is 12.2 Å². The van der Waals surface area contributed by atoms with E-state index in [1.807, 2.05) is 12.1 Å². The standard InChI is InChI=1S/C22H22FN3/c1-14(2)24-19-13-22-20(12-15(19)3)25-18-6-4-5-7-21(18)26(22)17-10-8-16(23)9-11-17/h6-14H,4-5H2,1-3H3. The third kappa shape index (κ3) is 2.96. The molecule has 4 heteroatoms. The first kappa shape index (κ1) is 16.7. The Morgan fingerprint density at radius 3 is 2.54 bits per heavy atom. The van der Waals surface area contributed by atoms with Crippen LogP contribution in [0.5, 0.6) is 0 Å². The summed E-state index contributed by atoms with van der Waals surface area (Å²) in [6.45, 7) is 6.22. The van der Waals surface area contributed by atoms with Crippen LogP contribution in [0.4, 0.5) is 4.39 Å². The van der Waals surface area contributed by atoms with E-state index in [4.69, 9.17) is 9.98 Å². The lowest BCUT2D eigenvalue weighted by molar-refractivity contribution is 0.627. The molecule has 0 saturated heterocycles. The fourth-order valence-corrected chi connectivity index (χ4v) is 3.44. The number of aryl methyl sites for hydroxylation is 1. The van der Waals surface area contributed by atoms with E-state index in [0.29, 0.717) is 0 Å². The Kier molecular flexibility index (Phi) is 4.19. The Morgan fingerprint density at radius 1 is 1.08 bits per heavy atom. The first-order valence-electron chi connectivity index (χ1n) is 9.06. The van der Waals surface area contributed by atoms with Crippen LogP contribution in [0.3, 0.4) is 0 Å². The summed E-state index contributed by atoms with van der Waals surface area (Å²) in [7, 11) is 0. The molecule has 0 bridgehead atoms. The van der Waals surface area contributed by atoms with Crippen LogP contribution in [-0.4, -0.2) is 15.6 Å². The van der Waals surface area contributed by atoms with Crippen LogP contribution in [0, 0.1) is 12.7 Å². The first-order valence-corrected chi connectivity index (χ1v) is 9.06. The van der Waals surface area contributed by atoms with E-state index < -0.39 is 0 Å². The molecule has 0 fully saturated rings. The zero-order chi connectivity index (χ0) is 18.3. The number of rotatable bonds is 2. The molecule has 0 aromatic heterocycles. The topological polar surface area (TPSA) is 30.2 Å². The van der Waals surface area contributed by atoms with Crippen molar-refractivity contribution in [2.75, 3.05) is 0 Å². The van der Waals surface area contributed by atoms with Crippen molar-refractivity contribution < 1.29 is 4.39 Å². The van der Waals surface area contributed by atoms with Crippen LogP contribution < -0.4 is 16.1 Å². The minimum Gasteiger partial charge on any atom is -0.306 e. The monoisotopic (exact) mass is 347 g/mol. The quantitative estimate of drug-likeness (QED) is 0.701. The molecular formula is C22H22FN3. The maximum absolute atomic E-state index is 13.5. The molecule has 0 N–H and O–H groups in total. The molecule has 0 atom stereocenters. The highest BCUT2D eigenvalue weighted by Crippen LogP contribution is 2.20. The van der Waals surface area contributed by atoms with Gasteiger partial charge in [-0.05, 0) is 75.6 Å². The summed E-state index contributed by atoms with van der Waals surface area (Å²) in [5.41, 5.74) is 3.97. The molecule has 0 radical (unpaired) electrons. The lowest BCUT2D eigenvalue weighted by Gasteiger charge is -2.19. The van der Waals surface area contributed by atoms with Crippen molar-refractivity contribution in [3.63, 3.8) is 0 Å². The minimum atomic E-state index is -0.233. The second kappa shape index (κ2) is 6.52. The second-order valence-corrected chi connectivity index (χ2v) is 7.03. The summed E-state index contributed by atoms with van der Waals surface area (Å²) in [4.78, 5) is 9.63. The Hall–Kier alpha value is -2.75. The van der Waals surface area contributed by atoms with Gasteiger partial charge in [-0.15, -0.1) is 0 Å². The van der Waals surface area contributed by atoms with Crippen LogP contribution in [-0.2, 0) is 0 Å². The Balaban J connectivity index is 2.15. The summed E-state index contributed by atoms with van der Waals surface area (Å²) in [5.74, 6) is -0.233. The van der Waals surface area contributed by atoms with Gasteiger partial charge in [-0.2, -0.15) is 0 Å². The molecule has 4 rings (SSSR count). The number of hydrogen-bond donors (Lipinski definition) is 0. The molecule has 0 unspecified atom stereocenters. The SMILES string of the molecule is Cc1cc2nc3c(n(-c4ccc(F)cc4)c-2cc1=NC(C)C)=CCCC=3. The van der Waals surface area contributed by atoms with E-state index in [1.54, 1.807) is 0 Å². The van der Waals surface area contributed by atoms with Crippen LogP contribution in [0.2, 0.25) is 0 Å². The molecule has 1 aromatic rings. The van der Waals surface area contributed by atoms with Crippen LogP contribution in [0.25, 0.3) is 29.2 Å². The number of benzene rings is 2. The second-order valence-electron chi connectivity index (χ2n) is 7.03. The van der Waals surface area contributed by atoms with E-state index in [-0.39, 0.29) is 11.9 Å². The largest absolute Gasteiger partial charge is 0.306 e. The minimum absolute atomic E-state index is 0.218. The van der Waals surface area contributed by atoms with Gasteiger partial charge in [-0.1, -0.05) is 12.2 Å². The van der Waals surface area contributed by atoms with Crippen molar-refractivity contribution in [3.05, 3.63) is 63.8 Å². The summed E-state index contributed by atoms with van der Waals surface area (Å²) in [5, 5.41) is 3.03. The predicted molar refractivity (Wildman–Crippen MR) is 103 cm³/mol. The molecule has 3 aliphatic rings. The van der Waals surface area contributed by atoms with Crippen molar-refractivity contribution in [1.82, 2.24) is 9.55 Å². The van der Waals surface area contributed by atoms with E-state index in [1.165, 1.54) is 12.1 Å². The van der Waals surface area contributed by atoms with Crippen molar-refractivity contribution in [1.29, 1.82) is 0 Å². The Labute approximate surface area is 152 Å². The average Bonchev–Trinajstić information content (AvgIpc) is 2.61. The van der Waals surface area contributed by atoms with E-state index >= 15 is 0 Å². The molecule has 26 heavy (non-hydrogen) atoms. The van der Waals surface area contributed by atoms with Crippen LogP contribution in [0.15, 0.2) is 41.4 Å². The van der Waals surface area contributed by atoms with Crippen LogP contribution >= 0.6 is 0 Å². The molecule has 0 saturated carbocycles. The number of hydrogen-bond acceptors (Lipinski definition) is 2. The van der Waals surface area contributed by atoms with Gasteiger partial charge in [0.25, 0.3) is 0 Å². The van der Waals surface area contributed by atoms with Gasteiger partial charge >= 0.3 is 0 Å². The average molecular weight is 347 g/mol. The van der Waals surface area contributed by atoms with Gasteiger partial charge in [0.15, 0.2) is 0 Å². The van der Waals surface area contributed by atoms with Gasteiger partial charge in [-0.3, -0.25) is 4.99 Å². The molecular weight excluding hydrogens is 325 g/mol. The number of fused-ring (bicyclic) bond motifs is 2. The zero-order valence-electron chi connectivity index (χ0n) is 15.3.